The number of nitrogens with zero attached hydrogens (tertiary/aromatic N) is 1. The first-order valence-electron chi connectivity index (χ1n) is 20.2. The van der Waals surface area contributed by atoms with E-state index in [0.717, 1.165) is 39.0 Å². The number of hydrogen-bond acceptors (Lipinski definition) is 6. The van der Waals surface area contributed by atoms with Gasteiger partial charge in [0, 0.05) is 19.8 Å². The fraction of sp³-hybridized carbons (Fsp3) is 0.902. The molecule has 0 heterocycles. The molecule has 0 spiro atoms. The molecule has 0 aromatic carbocycles. The van der Waals surface area contributed by atoms with Crippen molar-refractivity contribution in [1.82, 2.24) is 4.90 Å². The number of unbranched alkanes of at least 4 members (excludes halogenated alkanes) is 22. The van der Waals surface area contributed by atoms with E-state index in [4.69, 9.17) is 19.7 Å². The van der Waals surface area contributed by atoms with Crippen LogP contribution in [-0.4, -0.2) is 67.5 Å². The summed E-state index contributed by atoms with van der Waals surface area (Å²) in [4.78, 5) is 23.2. The molecular formula is C41H83NO6. The van der Waals surface area contributed by atoms with Crippen molar-refractivity contribution in [2.45, 2.75) is 201 Å². The lowest BCUT2D eigenvalue weighted by Gasteiger charge is -2.05. The molecule has 48 heavy (non-hydrogen) atoms. The minimum absolute atomic E-state index is 0.0739. The molecule has 0 saturated carbocycles. The maximum atomic E-state index is 10.9. The van der Waals surface area contributed by atoms with Crippen molar-refractivity contribution >= 4 is 11.9 Å². The van der Waals surface area contributed by atoms with Gasteiger partial charge in [-0.25, -0.2) is 0 Å². The van der Waals surface area contributed by atoms with Gasteiger partial charge in [-0.05, 0) is 58.8 Å². The molecule has 0 aromatic heterocycles. The van der Waals surface area contributed by atoms with Crippen molar-refractivity contribution in [2.75, 3.05) is 40.5 Å². The lowest BCUT2D eigenvalue weighted by Crippen LogP contribution is -2.13. The number of carbonyl (C=O) groups is 2. The van der Waals surface area contributed by atoms with Gasteiger partial charge in [0.1, 0.15) is 0 Å². The average Bonchev–Trinajstić information content (AvgIpc) is 3.07. The van der Waals surface area contributed by atoms with E-state index in [2.05, 4.69) is 25.7 Å². The Hall–Kier alpha value is -1.44. The summed E-state index contributed by atoms with van der Waals surface area (Å²) in [5, 5.41) is 16.6. The molecule has 2 N–H and O–H groups in total. The van der Waals surface area contributed by atoms with Crippen molar-refractivity contribution in [3.8, 4) is 0 Å². The highest BCUT2D eigenvalue weighted by Gasteiger charge is 2.04. The summed E-state index contributed by atoms with van der Waals surface area (Å²) in [5.41, 5.74) is 0. The van der Waals surface area contributed by atoms with E-state index >= 15 is 0 Å². The summed E-state index contributed by atoms with van der Waals surface area (Å²) in [7, 11) is 3.99. The first kappa shape index (κ1) is 50.9. The third-order valence-corrected chi connectivity index (χ3v) is 8.11. The second-order valence-corrected chi connectivity index (χ2v) is 13.5. The summed E-state index contributed by atoms with van der Waals surface area (Å²) in [5.74, 6) is -1.48. The van der Waals surface area contributed by atoms with Crippen LogP contribution in [0.5, 0.6) is 0 Å². The van der Waals surface area contributed by atoms with Crippen molar-refractivity contribution < 1.29 is 29.3 Å². The summed E-state index contributed by atoms with van der Waals surface area (Å²) in [6.07, 6.45) is 37.6. The molecule has 0 saturated heterocycles. The largest absolute Gasteiger partial charge is 0.481 e. The minimum atomic E-state index is -0.986. The van der Waals surface area contributed by atoms with Crippen molar-refractivity contribution in [3.63, 3.8) is 0 Å². The quantitative estimate of drug-likeness (QED) is 0.0395. The van der Waals surface area contributed by atoms with Crippen LogP contribution in [-0.2, 0) is 19.1 Å². The Morgan fingerprint density at radius 1 is 0.562 bits per heavy atom. The van der Waals surface area contributed by atoms with Gasteiger partial charge in [0.25, 0.3) is 0 Å². The Labute approximate surface area is 299 Å². The Morgan fingerprint density at radius 3 is 1.31 bits per heavy atom. The number of carboxylic acid groups (broad SMARTS) is 1. The van der Waals surface area contributed by atoms with E-state index in [1.54, 1.807) is 6.08 Å². The molecule has 0 aliphatic carbocycles. The summed E-state index contributed by atoms with van der Waals surface area (Å²) in [6, 6.07) is 0. The van der Waals surface area contributed by atoms with Gasteiger partial charge in [0.15, 0.2) is 0 Å². The number of aliphatic hydroxyl groups is 1. The third-order valence-electron chi connectivity index (χ3n) is 8.11. The van der Waals surface area contributed by atoms with Gasteiger partial charge in [0.2, 0.25) is 0 Å². The monoisotopic (exact) mass is 686 g/mol. The van der Waals surface area contributed by atoms with Crippen LogP contribution in [0.4, 0.5) is 0 Å². The third kappa shape index (κ3) is 56.9. The number of rotatable bonds is 34. The molecule has 0 fully saturated rings. The highest BCUT2D eigenvalue weighted by Crippen LogP contribution is 2.12. The van der Waals surface area contributed by atoms with E-state index < -0.39 is 11.9 Å². The lowest BCUT2D eigenvalue weighted by atomic mass is 10.1. The fourth-order valence-corrected chi connectivity index (χ4v) is 5.02. The number of ether oxygens (including phenoxy) is 2. The Bertz CT molecular complexity index is 618. The van der Waals surface area contributed by atoms with Gasteiger partial charge >= 0.3 is 11.9 Å². The maximum Gasteiger partial charge on any atom is 0.311 e. The maximum absolute atomic E-state index is 10.9. The number of aliphatic hydroxyl groups excluding tert-OH is 1. The molecule has 0 unspecified atom stereocenters. The highest BCUT2D eigenvalue weighted by atomic mass is 16.5. The molecule has 0 aliphatic heterocycles. The molecule has 0 atom stereocenters. The van der Waals surface area contributed by atoms with Gasteiger partial charge in [-0.1, -0.05) is 156 Å². The number of aliphatic carboxylic acids is 1. The van der Waals surface area contributed by atoms with Crippen LogP contribution < -0.4 is 0 Å². The molecular weight excluding hydrogens is 602 g/mol. The van der Waals surface area contributed by atoms with Crippen LogP contribution >= 0.6 is 0 Å². The SMILES string of the molecule is CCCCCCC=COC(=O)CCC(=O)O.CCCCCCCCCCCCOCCCCCCCCCCCC.CN(C)CCCO. The smallest absolute Gasteiger partial charge is 0.311 e. The number of carbonyl (C=O) groups excluding carboxylic acids is 1. The molecule has 0 rings (SSSR count). The molecule has 0 radical (unpaired) electrons. The zero-order chi connectivity index (χ0) is 36.2. The van der Waals surface area contributed by atoms with Crippen molar-refractivity contribution in [3.05, 3.63) is 12.3 Å². The standard InChI is InChI=1S/C24H50O.C12H20O4.C5H13NO/c1-3-5-7-9-11-13-15-17-19-21-23-25-24-22-20-18-16-14-12-10-8-6-4-2;1-2-3-4-5-6-7-10-16-12(15)9-8-11(13)14;1-6(2)4-3-5-7/h3-24H2,1-2H3;7,10H,2-6,8-9H2,1H3,(H,13,14);7H,3-5H2,1-2H3. The Morgan fingerprint density at radius 2 is 0.958 bits per heavy atom. The predicted molar refractivity (Wildman–Crippen MR) is 206 cm³/mol. The number of esters is 1. The van der Waals surface area contributed by atoms with E-state index in [9.17, 15) is 9.59 Å². The second kappa shape index (κ2) is 47.7. The summed E-state index contributed by atoms with van der Waals surface area (Å²) >= 11 is 0. The summed E-state index contributed by atoms with van der Waals surface area (Å²) < 4.78 is 10.5. The molecule has 0 aromatic rings. The van der Waals surface area contributed by atoms with Gasteiger partial charge in [0.05, 0.1) is 19.1 Å². The Balaban J connectivity index is -0.000000746. The van der Waals surface area contributed by atoms with Crippen LogP contribution in [0.3, 0.4) is 0 Å². The lowest BCUT2D eigenvalue weighted by molar-refractivity contribution is -0.144. The van der Waals surface area contributed by atoms with Crippen LogP contribution in [0.1, 0.15) is 201 Å². The number of allylic oxidation sites excluding steroid dienone is 1. The normalized spacial score (nSPS) is 10.9. The van der Waals surface area contributed by atoms with E-state index in [1.807, 2.05) is 14.1 Å². The highest BCUT2D eigenvalue weighted by molar-refractivity contribution is 5.76. The first-order valence-corrected chi connectivity index (χ1v) is 20.2. The van der Waals surface area contributed by atoms with Gasteiger partial charge < -0.3 is 24.6 Å². The number of carboxylic acids is 1. The van der Waals surface area contributed by atoms with Crippen LogP contribution in [0.15, 0.2) is 12.3 Å². The second-order valence-electron chi connectivity index (χ2n) is 13.5. The zero-order valence-electron chi connectivity index (χ0n) is 32.8. The van der Waals surface area contributed by atoms with Crippen LogP contribution in [0, 0.1) is 0 Å². The zero-order valence-corrected chi connectivity index (χ0v) is 32.8. The molecule has 0 bridgehead atoms. The van der Waals surface area contributed by atoms with E-state index in [1.165, 1.54) is 154 Å². The minimum Gasteiger partial charge on any atom is -0.481 e. The van der Waals surface area contributed by atoms with Gasteiger partial charge in [-0.3, -0.25) is 9.59 Å². The topological polar surface area (TPSA) is 96.3 Å². The molecule has 0 amide bonds. The van der Waals surface area contributed by atoms with Crippen molar-refractivity contribution in [2.24, 2.45) is 0 Å². The fourth-order valence-electron chi connectivity index (χ4n) is 5.02. The first-order chi connectivity index (χ1) is 23.3. The summed E-state index contributed by atoms with van der Waals surface area (Å²) in [6.45, 7) is 10.0. The molecule has 7 heteroatoms. The Kier molecular flexibility index (Phi) is 50.6. The van der Waals surface area contributed by atoms with E-state index in [0.29, 0.717) is 6.61 Å². The molecule has 0 aliphatic rings. The molecule has 7 nitrogen and oxygen atoms in total. The molecule has 288 valence electrons. The van der Waals surface area contributed by atoms with Crippen molar-refractivity contribution in [1.29, 1.82) is 0 Å². The van der Waals surface area contributed by atoms with Crippen LogP contribution in [0.2, 0.25) is 0 Å². The van der Waals surface area contributed by atoms with E-state index in [-0.39, 0.29) is 12.8 Å². The van der Waals surface area contributed by atoms with Gasteiger partial charge in [-0.15, -0.1) is 0 Å². The van der Waals surface area contributed by atoms with Crippen LogP contribution in [0.25, 0.3) is 0 Å². The predicted octanol–water partition coefficient (Wildman–Crippen LogP) is 11.7. The number of hydrogen-bond donors (Lipinski definition) is 2. The van der Waals surface area contributed by atoms with Gasteiger partial charge in [-0.2, -0.15) is 0 Å². The average molecular weight is 686 g/mol.